The van der Waals surface area contributed by atoms with Gasteiger partial charge in [-0.2, -0.15) is 13.2 Å². The zero-order valence-corrected chi connectivity index (χ0v) is 14.8. The van der Waals surface area contributed by atoms with E-state index < -0.39 is 28.3 Å². The fourth-order valence-electron chi connectivity index (χ4n) is 2.24. The Balaban J connectivity index is 1.89. The second-order valence-electron chi connectivity index (χ2n) is 5.64. The van der Waals surface area contributed by atoms with Crippen LogP contribution in [0.25, 0.3) is 0 Å². The van der Waals surface area contributed by atoms with E-state index >= 15 is 0 Å². The minimum Gasteiger partial charge on any atom is -0.457 e. The van der Waals surface area contributed by atoms with Gasteiger partial charge in [0.05, 0.1) is 16.9 Å². The van der Waals surface area contributed by atoms with Crippen molar-refractivity contribution in [2.24, 2.45) is 0 Å². The fourth-order valence-corrected chi connectivity index (χ4v) is 2.24. The summed E-state index contributed by atoms with van der Waals surface area (Å²) in [4.78, 5) is 21.9. The molecule has 13 heteroatoms. The van der Waals surface area contributed by atoms with Crippen LogP contribution in [0.2, 0.25) is 0 Å². The Hall–Kier alpha value is -3.25. The summed E-state index contributed by atoms with van der Waals surface area (Å²) in [6.07, 6.45) is -4.06. The van der Waals surface area contributed by atoms with Gasteiger partial charge < -0.3 is 10.1 Å². The molecule has 0 aliphatic carbocycles. The Morgan fingerprint density at radius 2 is 2.14 bits per heavy atom. The molecule has 1 N–H and O–H groups in total. The van der Waals surface area contributed by atoms with Crippen molar-refractivity contribution in [2.75, 3.05) is 11.9 Å². The Morgan fingerprint density at radius 3 is 2.79 bits per heavy atom. The molecule has 1 aromatic heterocycles. The summed E-state index contributed by atoms with van der Waals surface area (Å²) in [6.45, 7) is 2.31. The van der Waals surface area contributed by atoms with Crippen molar-refractivity contribution in [1.82, 2.24) is 20.2 Å². The molecule has 0 unspecified atom stereocenters. The molecular weight excluding hydrogens is 385 g/mol. The van der Waals surface area contributed by atoms with Gasteiger partial charge in [-0.25, -0.2) is 4.68 Å². The predicted octanol–water partition coefficient (Wildman–Crippen LogP) is 2.56. The van der Waals surface area contributed by atoms with Gasteiger partial charge >= 0.3 is 12.1 Å². The topological polar surface area (TPSA) is 125 Å². The van der Waals surface area contributed by atoms with Crippen LogP contribution in [-0.2, 0) is 28.9 Å². The Bertz CT molecular complexity index is 839. The summed E-state index contributed by atoms with van der Waals surface area (Å²) < 4.78 is 44.6. The summed E-state index contributed by atoms with van der Waals surface area (Å²) in [5, 5.41) is 24.5. The van der Waals surface area contributed by atoms with Gasteiger partial charge in [0.15, 0.2) is 12.4 Å². The highest BCUT2D eigenvalue weighted by Crippen LogP contribution is 2.34. The van der Waals surface area contributed by atoms with Crippen molar-refractivity contribution in [3.05, 3.63) is 39.7 Å². The molecule has 0 bridgehead atoms. The van der Waals surface area contributed by atoms with Gasteiger partial charge in [-0.15, -0.1) is 5.10 Å². The maximum atomic E-state index is 12.7. The van der Waals surface area contributed by atoms with Crippen LogP contribution in [0.1, 0.15) is 31.2 Å². The molecule has 0 saturated heterocycles. The molecule has 152 valence electrons. The van der Waals surface area contributed by atoms with Crippen molar-refractivity contribution in [3.63, 3.8) is 0 Å². The van der Waals surface area contributed by atoms with Crippen molar-refractivity contribution in [3.8, 4) is 0 Å². The number of anilines is 1. The van der Waals surface area contributed by atoms with E-state index in [-0.39, 0.29) is 25.3 Å². The van der Waals surface area contributed by atoms with E-state index in [0.29, 0.717) is 18.4 Å². The third kappa shape index (κ3) is 5.62. The lowest BCUT2D eigenvalue weighted by molar-refractivity contribution is -0.384. The summed E-state index contributed by atoms with van der Waals surface area (Å²) in [7, 11) is 0. The average Bonchev–Trinajstić information content (AvgIpc) is 3.06. The predicted molar refractivity (Wildman–Crippen MR) is 89.1 cm³/mol. The molecule has 28 heavy (non-hydrogen) atoms. The van der Waals surface area contributed by atoms with Crippen molar-refractivity contribution >= 4 is 17.3 Å². The van der Waals surface area contributed by atoms with E-state index in [9.17, 15) is 28.1 Å². The number of benzene rings is 1. The molecule has 2 aromatic rings. The number of carbonyl (C=O) groups is 1. The monoisotopic (exact) mass is 402 g/mol. The first-order valence-electron chi connectivity index (χ1n) is 8.22. The standard InChI is InChI=1S/C15H17F3N6O4/c1-2-7-23-13(20-21-22-23)9-28-14(25)5-6-19-11-4-3-10(15(16,17)18)8-12(11)24(26)27/h3-4,8,19H,2,5-7,9H2,1H3. The second-order valence-corrected chi connectivity index (χ2v) is 5.64. The van der Waals surface area contributed by atoms with Gasteiger partial charge in [0.2, 0.25) is 0 Å². The van der Waals surface area contributed by atoms with Crippen LogP contribution >= 0.6 is 0 Å². The number of alkyl halides is 3. The molecular formula is C15H17F3N6O4. The number of aromatic nitrogens is 4. The highest BCUT2D eigenvalue weighted by atomic mass is 19.4. The van der Waals surface area contributed by atoms with Crippen LogP contribution in [0, 0.1) is 10.1 Å². The number of ether oxygens (including phenoxy) is 1. The van der Waals surface area contributed by atoms with E-state index in [1.165, 1.54) is 4.68 Å². The number of hydrogen-bond acceptors (Lipinski definition) is 8. The van der Waals surface area contributed by atoms with E-state index in [1.54, 1.807) is 0 Å². The second kappa shape index (κ2) is 9.10. The van der Waals surface area contributed by atoms with Gasteiger partial charge in [0, 0.05) is 19.2 Å². The van der Waals surface area contributed by atoms with Gasteiger partial charge in [0.1, 0.15) is 5.69 Å². The summed E-state index contributed by atoms with van der Waals surface area (Å²) in [6, 6.07) is 2.11. The first-order valence-corrected chi connectivity index (χ1v) is 8.22. The SMILES string of the molecule is CCCn1nnnc1COC(=O)CCNc1ccc(C(F)(F)F)cc1[N+](=O)[O-]. The number of nitro groups is 1. The Labute approximate surface area is 156 Å². The highest BCUT2D eigenvalue weighted by Gasteiger charge is 2.33. The van der Waals surface area contributed by atoms with Crippen LogP contribution in [0.3, 0.4) is 0 Å². The van der Waals surface area contributed by atoms with Crippen LogP contribution in [0.5, 0.6) is 0 Å². The molecule has 0 aliphatic heterocycles. The van der Waals surface area contributed by atoms with E-state index in [4.69, 9.17) is 4.74 Å². The molecule has 0 spiro atoms. The smallest absolute Gasteiger partial charge is 0.416 e. The maximum Gasteiger partial charge on any atom is 0.416 e. The van der Waals surface area contributed by atoms with Crippen LogP contribution in [-0.4, -0.2) is 37.6 Å². The number of nitro benzene ring substituents is 1. The van der Waals surface area contributed by atoms with Crippen LogP contribution < -0.4 is 5.32 Å². The third-order valence-electron chi connectivity index (χ3n) is 3.57. The molecule has 0 aliphatic rings. The summed E-state index contributed by atoms with van der Waals surface area (Å²) in [5.41, 5.74) is -1.99. The number of halogens is 3. The first-order chi connectivity index (χ1) is 13.2. The number of esters is 1. The van der Waals surface area contributed by atoms with Gasteiger partial charge in [-0.3, -0.25) is 14.9 Å². The Morgan fingerprint density at radius 1 is 1.39 bits per heavy atom. The molecule has 10 nitrogen and oxygen atoms in total. The van der Waals surface area contributed by atoms with Crippen LogP contribution in [0.4, 0.5) is 24.5 Å². The van der Waals surface area contributed by atoms with Crippen molar-refractivity contribution in [2.45, 2.75) is 39.1 Å². The number of nitrogens with one attached hydrogen (secondary N) is 1. The van der Waals surface area contributed by atoms with E-state index in [2.05, 4.69) is 20.8 Å². The van der Waals surface area contributed by atoms with E-state index in [1.807, 2.05) is 6.92 Å². The molecule has 0 fully saturated rings. The quantitative estimate of drug-likeness (QED) is 0.385. The number of nitrogens with zero attached hydrogens (tertiary/aromatic N) is 5. The van der Waals surface area contributed by atoms with Gasteiger partial charge in [0.25, 0.3) is 5.69 Å². The molecule has 1 aromatic carbocycles. The first kappa shape index (κ1) is 21.1. The lowest BCUT2D eigenvalue weighted by Gasteiger charge is -2.10. The van der Waals surface area contributed by atoms with E-state index in [0.717, 1.165) is 18.6 Å². The molecule has 0 saturated carbocycles. The summed E-state index contributed by atoms with van der Waals surface area (Å²) in [5.74, 6) is -0.241. The number of hydrogen-bond donors (Lipinski definition) is 1. The lowest BCUT2D eigenvalue weighted by Crippen LogP contribution is -2.14. The number of carbonyl (C=O) groups excluding carboxylic acids is 1. The maximum absolute atomic E-state index is 12.7. The average molecular weight is 402 g/mol. The Kier molecular flexibility index (Phi) is 6.84. The minimum absolute atomic E-state index is 0.0645. The third-order valence-corrected chi connectivity index (χ3v) is 3.57. The van der Waals surface area contributed by atoms with Crippen molar-refractivity contribution in [1.29, 1.82) is 0 Å². The minimum atomic E-state index is -4.69. The number of rotatable bonds is 9. The molecule has 0 radical (unpaired) electrons. The lowest BCUT2D eigenvalue weighted by atomic mass is 10.1. The van der Waals surface area contributed by atoms with Gasteiger partial charge in [-0.05, 0) is 29.0 Å². The number of aryl methyl sites for hydroxylation is 1. The normalized spacial score (nSPS) is 11.3. The molecule has 2 rings (SSSR count). The number of tetrazole rings is 1. The fraction of sp³-hybridized carbons (Fsp3) is 0.467. The summed E-state index contributed by atoms with van der Waals surface area (Å²) >= 11 is 0. The molecule has 0 atom stereocenters. The van der Waals surface area contributed by atoms with Crippen molar-refractivity contribution < 1.29 is 27.6 Å². The molecule has 1 heterocycles. The van der Waals surface area contributed by atoms with Gasteiger partial charge in [-0.1, -0.05) is 6.92 Å². The highest BCUT2D eigenvalue weighted by molar-refractivity contribution is 5.70. The molecule has 0 amide bonds. The zero-order valence-electron chi connectivity index (χ0n) is 14.8. The largest absolute Gasteiger partial charge is 0.457 e. The zero-order chi connectivity index (χ0) is 20.7. The van der Waals surface area contributed by atoms with Crippen LogP contribution in [0.15, 0.2) is 18.2 Å².